The SMILES string of the molecule is C=CCN1C[C@H](C(=O)N2C(=O)NCCC2CCN(C)C)CC2c3cccc4[nH]cc(c34)C[C@H]21.[HH].[HH]. The molecule has 2 saturated heterocycles. The van der Waals surface area contributed by atoms with Gasteiger partial charge in [0.2, 0.25) is 5.91 Å². The first-order chi connectivity index (χ1) is 16.0. The Labute approximate surface area is 198 Å². The Bertz CT molecular complexity index is 1070. The van der Waals surface area contributed by atoms with Crippen LogP contribution in [-0.4, -0.2) is 84.0 Å². The van der Waals surface area contributed by atoms with Gasteiger partial charge in [-0.2, -0.15) is 0 Å². The molecule has 2 N–H and O–H groups in total. The number of amides is 3. The largest absolute Gasteiger partial charge is 0.361 e. The number of hydrogen-bond donors (Lipinski definition) is 2. The van der Waals surface area contributed by atoms with Gasteiger partial charge in [0.15, 0.2) is 0 Å². The number of aromatic nitrogens is 1. The lowest BCUT2D eigenvalue weighted by atomic mass is 9.72. The van der Waals surface area contributed by atoms with E-state index in [0.29, 0.717) is 19.1 Å². The quantitative estimate of drug-likeness (QED) is 0.658. The van der Waals surface area contributed by atoms with Crippen LogP contribution in [0.15, 0.2) is 37.1 Å². The number of H-pyrrole nitrogens is 1. The zero-order valence-corrected chi connectivity index (χ0v) is 19.7. The highest BCUT2D eigenvalue weighted by Gasteiger charge is 2.45. The molecule has 1 aromatic carbocycles. The standard InChI is InChI=1S/C26H35N5O2.2H2/c1-4-11-30-16-18(25(32)31-19(9-12-29(2)3)8-10-27-26(31)33)13-21-20-6-5-7-22-24(20)17(15-28-22)14-23(21)30;;/h4-7,15,18-19,21,23,28H,1,8-14,16H2,2-3H3,(H,27,33);2*1H/t18-,19?,21?,23-;;/m1../s1. The Hall–Kier alpha value is -2.64. The second kappa shape index (κ2) is 8.95. The number of fused-ring (bicyclic) bond motifs is 2. The number of urea groups is 1. The van der Waals surface area contributed by atoms with Gasteiger partial charge in [0.1, 0.15) is 0 Å². The van der Waals surface area contributed by atoms with E-state index in [2.05, 4.69) is 51.1 Å². The Morgan fingerprint density at radius 2 is 2.21 bits per heavy atom. The van der Waals surface area contributed by atoms with Gasteiger partial charge >= 0.3 is 6.03 Å². The van der Waals surface area contributed by atoms with Crippen LogP contribution in [0.25, 0.3) is 10.9 Å². The summed E-state index contributed by atoms with van der Waals surface area (Å²) in [6, 6.07) is 6.54. The molecule has 7 nitrogen and oxygen atoms in total. The van der Waals surface area contributed by atoms with E-state index in [4.69, 9.17) is 0 Å². The molecule has 0 saturated carbocycles. The molecule has 3 amide bonds. The first-order valence-corrected chi connectivity index (χ1v) is 12.2. The molecule has 3 heterocycles. The molecule has 1 aromatic heterocycles. The van der Waals surface area contributed by atoms with E-state index in [9.17, 15) is 9.59 Å². The van der Waals surface area contributed by atoms with Crippen molar-refractivity contribution < 1.29 is 12.4 Å². The zero-order chi connectivity index (χ0) is 23.1. The molecule has 0 bridgehead atoms. The zero-order valence-electron chi connectivity index (χ0n) is 19.7. The fraction of sp³-hybridized carbons (Fsp3) is 0.538. The second-order valence-corrected chi connectivity index (χ2v) is 10.1. The van der Waals surface area contributed by atoms with E-state index in [1.54, 1.807) is 4.90 Å². The van der Waals surface area contributed by atoms with Crippen LogP contribution in [0, 0.1) is 5.92 Å². The summed E-state index contributed by atoms with van der Waals surface area (Å²) < 4.78 is 0. The van der Waals surface area contributed by atoms with Crippen molar-refractivity contribution in [2.45, 2.75) is 43.7 Å². The maximum absolute atomic E-state index is 13.9. The Morgan fingerprint density at radius 1 is 1.36 bits per heavy atom. The minimum atomic E-state index is -0.230. The summed E-state index contributed by atoms with van der Waals surface area (Å²) in [5.74, 6) is 0.0517. The van der Waals surface area contributed by atoms with Crippen LogP contribution in [0.5, 0.6) is 0 Å². The summed E-state index contributed by atoms with van der Waals surface area (Å²) >= 11 is 0. The van der Waals surface area contributed by atoms with E-state index in [1.165, 1.54) is 22.0 Å². The van der Waals surface area contributed by atoms with Crippen molar-refractivity contribution >= 4 is 22.8 Å². The number of imide groups is 1. The van der Waals surface area contributed by atoms with Crippen molar-refractivity contribution in [2.75, 3.05) is 40.3 Å². The average molecular weight is 454 g/mol. The summed E-state index contributed by atoms with van der Waals surface area (Å²) in [4.78, 5) is 36.2. The highest BCUT2D eigenvalue weighted by Crippen LogP contribution is 2.45. The summed E-state index contributed by atoms with van der Waals surface area (Å²) in [6.07, 6.45) is 7.46. The van der Waals surface area contributed by atoms with Gasteiger partial charge in [0.05, 0.1) is 5.92 Å². The van der Waals surface area contributed by atoms with E-state index in [1.807, 2.05) is 20.2 Å². The molecule has 1 aliphatic carbocycles. The fourth-order valence-corrected chi connectivity index (χ4v) is 6.24. The van der Waals surface area contributed by atoms with Crippen molar-refractivity contribution in [3.63, 3.8) is 0 Å². The molecule has 2 aliphatic heterocycles. The Kier molecular flexibility index (Phi) is 6.01. The third kappa shape index (κ3) is 3.97. The van der Waals surface area contributed by atoms with Gasteiger partial charge in [-0.15, -0.1) is 6.58 Å². The van der Waals surface area contributed by atoms with Gasteiger partial charge in [-0.3, -0.25) is 14.6 Å². The fourth-order valence-electron chi connectivity index (χ4n) is 6.24. The van der Waals surface area contributed by atoms with Crippen molar-refractivity contribution in [3.05, 3.63) is 48.2 Å². The van der Waals surface area contributed by atoms with E-state index in [-0.39, 0.29) is 32.7 Å². The predicted molar refractivity (Wildman–Crippen MR) is 134 cm³/mol. The van der Waals surface area contributed by atoms with Gasteiger partial charge in [-0.1, -0.05) is 18.2 Å². The topological polar surface area (TPSA) is 71.7 Å². The van der Waals surface area contributed by atoms with Crippen LogP contribution in [0.1, 0.15) is 39.2 Å². The molecule has 2 aromatic rings. The van der Waals surface area contributed by atoms with Gasteiger partial charge in [0, 0.05) is 57.6 Å². The van der Waals surface area contributed by atoms with Crippen molar-refractivity contribution in [1.82, 2.24) is 25.0 Å². The Morgan fingerprint density at radius 3 is 3.00 bits per heavy atom. The van der Waals surface area contributed by atoms with Crippen LogP contribution >= 0.6 is 0 Å². The van der Waals surface area contributed by atoms with E-state index < -0.39 is 0 Å². The normalized spacial score (nSPS) is 27.5. The van der Waals surface area contributed by atoms with Gasteiger partial charge < -0.3 is 15.2 Å². The molecule has 33 heavy (non-hydrogen) atoms. The van der Waals surface area contributed by atoms with Crippen molar-refractivity contribution in [1.29, 1.82) is 0 Å². The van der Waals surface area contributed by atoms with Gasteiger partial charge in [-0.25, -0.2) is 4.79 Å². The van der Waals surface area contributed by atoms with Crippen molar-refractivity contribution in [3.8, 4) is 0 Å². The first-order valence-electron chi connectivity index (χ1n) is 12.2. The minimum absolute atomic E-state index is 0. The number of likely N-dealkylation sites (tertiary alicyclic amines) is 1. The molecule has 0 radical (unpaired) electrons. The smallest absolute Gasteiger partial charge is 0.324 e. The maximum Gasteiger partial charge on any atom is 0.324 e. The number of carbonyl (C=O) groups is 2. The van der Waals surface area contributed by atoms with Crippen LogP contribution in [0.4, 0.5) is 4.79 Å². The van der Waals surface area contributed by atoms with Crippen LogP contribution in [0.2, 0.25) is 0 Å². The Balaban J connectivity index is 0.00000171. The number of piperidine rings is 1. The van der Waals surface area contributed by atoms with Crippen LogP contribution < -0.4 is 5.32 Å². The summed E-state index contributed by atoms with van der Waals surface area (Å²) in [7, 11) is 4.06. The molecule has 3 aliphatic rings. The first kappa shape index (κ1) is 22.2. The lowest BCUT2D eigenvalue weighted by Crippen LogP contribution is -2.60. The van der Waals surface area contributed by atoms with E-state index >= 15 is 0 Å². The number of rotatable bonds is 6. The lowest BCUT2D eigenvalue weighted by molar-refractivity contribution is -0.138. The van der Waals surface area contributed by atoms with Gasteiger partial charge in [-0.05, 0) is 63.5 Å². The number of benzene rings is 1. The molecule has 0 spiro atoms. The monoisotopic (exact) mass is 453 g/mol. The third-order valence-electron chi connectivity index (χ3n) is 7.77. The third-order valence-corrected chi connectivity index (χ3v) is 7.77. The van der Waals surface area contributed by atoms with Gasteiger partial charge in [0.25, 0.3) is 0 Å². The van der Waals surface area contributed by atoms with Crippen LogP contribution in [0.3, 0.4) is 0 Å². The van der Waals surface area contributed by atoms with Crippen LogP contribution in [-0.2, 0) is 11.2 Å². The summed E-state index contributed by atoms with van der Waals surface area (Å²) in [5, 5.41) is 4.23. The van der Waals surface area contributed by atoms with E-state index in [0.717, 1.165) is 38.8 Å². The highest BCUT2D eigenvalue weighted by atomic mass is 16.2. The summed E-state index contributed by atoms with van der Waals surface area (Å²) in [6.45, 7) is 6.89. The second-order valence-electron chi connectivity index (χ2n) is 10.1. The molecule has 5 rings (SSSR count). The molecule has 2 unspecified atom stereocenters. The number of carbonyl (C=O) groups excluding carboxylic acids is 2. The molecule has 4 atom stereocenters. The van der Waals surface area contributed by atoms with Crippen molar-refractivity contribution in [2.24, 2.45) is 5.92 Å². The highest BCUT2D eigenvalue weighted by molar-refractivity contribution is 5.97. The number of aromatic amines is 1. The number of hydrogen-bond acceptors (Lipinski definition) is 4. The number of nitrogens with zero attached hydrogens (tertiary/aromatic N) is 3. The number of nitrogens with one attached hydrogen (secondary N) is 2. The maximum atomic E-state index is 13.9. The molecule has 7 heteroatoms. The minimum Gasteiger partial charge on any atom is -0.361 e. The molecular weight excluding hydrogens is 414 g/mol. The molecular formula is C26H39N5O2. The average Bonchev–Trinajstić information content (AvgIpc) is 3.22. The predicted octanol–water partition coefficient (Wildman–Crippen LogP) is 3.44. The summed E-state index contributed by atoms with van der Waals surface area (Å²) in [5.41, 5.74) is 3.86. The molecule has 2 fully saturated rings. The lowest BCUT2D eigenvalue weighted by Gasteiger charge is -2.47. The molecule has 180 valence electrons.